The lowest BCUT2D eigenvalue weighted by Crippen LogP contribution is -2.61. The summed E-state index contributed by atoms with van der Waals surface area (Å²) < 4.78 is 51.1. The SMILES string of the molecule is COc1ccc(N2CCN3c4ccc(C(F)(F)F)cc4C[C@H](C(=O)NC[C@@H]4CCCO4)[C@@H]3C2)cc1. The van der Waals surface area contributed by atoms with Gasteiger partial charge in [0, 0.05) is 44.2 Å². The molecule has 1 amide bonds. The van der Waals surface area contributed by atoms with Crippen LogP contribution < -0.4 is 19.9 Å². The second kappa shape index (κ2) is 9.60. The Balaban J connectivity index is 1.41. The Morgan fingerprint density at radius 2 is 1.97 bits per heavy atom. The Hall–Kier alpha value is -2.94. The van der Waals surface area contributed by atoms with Gasteiger partial charge in [0.15, 0.2) is 0 Å². The average molecular weight is 490 g/mol. The summed E-state index contributed by atoms with van der Waals surface area (Å²) in [5.41, 5.74) is 1.72. The number of rotatable bonds is 5. The van der Waals surface area contributed by atoms with Crippen molar-refractivity contribution in [3.05, 3.63) is 53.6 Å². The Morgan fingerprint density at radius 3 is 2.66 bits per heavy atom. The maximum Gasteiger partial charge on any atom is 0.416 e. The number of hydrogen-bond acceptors (Lipinski definition) is 5. The van der Waals surface area contributed by atoms with Gasteiger partial charge in [0.25, 0.3) is 0 Å². The van der Waals surface area contributed by atoms with Crippen molar-refractivity contribution in [1.82, 2.24) is 5.32 Å². The van der Waals surface area contributed by atoms with Crippen LogP contribution in [-0.2, 0) is 22.1 Å². The molecule has 2 saturated heterocycles. The molecule has 0 aromatic heterocycles. The largest absolute Gasteiger partial charge is 0.497 e. The van der Waals surface area contributed by atoms with E-state index in [4.69, 9.17) is 9.47 Å². The fourth-order valence-electron chi connectivity index (χ4n) is 5.48. The number of benzene rings is 2. The first-order valence-electron chi connectivity index (χ1n) is 12.1. The summed E-state index contributed by atoms with van der Waals surface area (Å²) in [7, 11) is 1.62. The third-order valence-corrected chi connectivity index (χ3v) is 7.34. The van der Waals surface area contributed by atoms with Crippen molar-refractivity contribution >= 4 is 17.3 Å². The number of fused-ring (bicyclic) bond motifs is 3. The van der Waals surface area contributed by atoms with Crippen LogP contribution in [0.2, 0.25) is 0 Å². The predicted octanol–water partition coefficient (Wildman–Crippen LogP) is 3.88. The number of alkyl halides is 3. The molecule has 3 atom stereocenters. The summed E-state index contributed by atoms with van der Waals surface area (Å²) >= 11 is 0. The standard InChI is InChI=1S/C26H30F3N3O3/c1-34-20-7-5-19(6-8-20)31-10-11-32-23-9-4-18(26(27,28)29)13-17(23)14-22(24(32)16-31)25(33)30-15-21-3-2-12-35-21/h4-9,13,21-22,24H,2-3,10-12,14-16H2,1H3,(H,30,33)/t21-,22-,24-/m0/s1. The number of ether oxygens (including phenoxy) is 2. The second-order valence-corrected chi connectivity index (χ2v) is 9.44. The molecule has 5 rings (SSSR count). The number of nitrogens with zero attached hydrogens (tertiary/aromatic N) is 2. The van der Waals surface area contributed by atoms with E-state index in [0.29, 0.717) is 38.3 Å². The fraction of sp³-hybridized carbons (Fsp3) is 0.500. The number of amides is 1. The number of carbonyl (C=O) groups is 1. The smallest absolute Gasteiger partial charge is 0.416 e. The Morgan fingerprint density at radius 1 is 1.17 bits per heavy atom. The van der Waals surface area contributed by atoms with Gasteiger partial charge in [0.05, 0.1) is 30.7 Å². The van der Waals surface area contributed by atoms with Gasteiger partial charge in [-0.25, -0.2) is 0 Å². The molecule has 188 valence electrons. The van der Waals surface area contributed by atoms with Crippen molar-refractivity contribution in [3.8, 4) is 5.75 Å². The summed E-state index contributed by atoms with van der Waals surface area (Å²) in [4.78, 5) is 17.7. The fourth-order valence-corrected chi connectivity index (χ4v) is 5.48. The maximum absolute atomic E-state index is 13.4. The van der Waals surface area contributed by atoms with E-state index in [-0.39, 0.29) is 24.5 Å². The quantitative estimate of drug-likeness (QED) is 0.691. The molecular formula is C26H30F3N3O3. The Bertz CT molecular complexity index is 1050. The van der Waals surface area contributed by atoms with E-state index in [1.54, 1.807) is 13.2 Å². The number of nitrogens with one attached hydrogen (secondary N) is 1. The van der Waals surface area contributed by atoms with Gasteiger partial charge >= 0.3 is 6.18 Å². The number of halogens is 3. The van der Waals surface area contributed by atoms with Crippen LogP contribution in [0.5, 0.6) is 5.75 Å². The molecule has 0 saturated carbocycles. The van der Waals surface area contributed by atoms with E-state index in [1.807, 2.05) is 24.3 Å². The average Bonchev–Trinajstić information content (AvgIpc) is 3.39. The van der Waals surface area contributed by atoms with Gasteiger partial charge in [0.1, 0.15) is 5.75 Å². The van der Waals surface area contributed by atoms with Crippen molar-refractivity contribution in [2.75, 3.05) is 49.7 Å². The van der Waals surface area contributed by atoms with Crippen molar-refractivity contribution < 1.29 is 27.4 Å². The van der Waals surface area contributed by atoms with Crippen LogP contribution in [0.1, 0.15) is 24.0 Å². The van der Waals surface area contributed by atoms with E-state index < -0.39 is 17.7 Å². The highest BCUT2D eigenvalue weighted by atomic mass is 19.4. The summed E-state index contributed by atoms with van der Waals surface area (Å²) in [6.07, 6.45) is -2.26. The van der Waals surface area contributed by atoms with E-state index >= 15 is 0 Å². The molecule has 1 N–H and O–H groups in total. The zero-order valence-electron chi connectivity index (χ0n) is 19.7. The van der Waals surface area contributed by atoms with E-state index in [0.717, 1.165) is 36.0 Å². The molecule has 2 aromatic carbocycles. The minimum atomic E-state index is -4.42. The molecule has 3 aliphatic heterocycles. The molecular weight excluding hydrogens is 459 g/mol. The lowest BCUT2D eigenvalue weighted by molar-refractivity contribution is -0.137. The maximum atomic E-state index is 13.4. The molecule has 0 radical (unpaired) electrons. The van der Waals surface area contributed by atoms with Gasteiger partial charge in [-0.05, 0) is 67.3 Å². The molecule has 6 nitrogen and oxygen atoms in total. The van der Waals surface area contributed by atoms with Crippen molar-refractivity contribution in [2.45, 2.75) is 37.6 Å². The molecule has 0 spiro atoms. The highest BCUT2D eigenvalue weighted by Gasteiger charge is 2.43. The van der Waals surface area contributed by atoms with Gasteiger partial charge in [-0.1, -0.05) is 0 Å². The summed E-state index contributed by atoms with van der Waals surface area (Å²) in [6.45, 7) is 3.05. The summed E-state index contributed by atoms with van der Waals surface area (Å²) in [5, 5.41) is 3.02. The van der Waals surface area contributed by atoms with Gasteiger partial charge in [-0.15, -0.1) is 0 Å². The summed E-state index contributed by atoms with van der Waals surface area (Å²) in [6, 6.07) is 11.6. The van der Waals surface area contributed by atoms with Gasteiger partial charge in [-0.2, -0.15) is 13.2 Å². The van der Waals surface area contributed by atoms with E-state index in [9.17, 15) is 18.0 Å². The zero-order valence-corrected chi connectivity index (χ0v) is 19.7. The molecule has 9 heteroatoms. The van der Waals surface area contributed by atoms with Gasteiger partial charge in [-0.3, -0.25) is 4.79 Å². The van der Waals surface area contributed by atoms with E-state index in [2.05, 4.69) is 15.1 Å². The van der Waals surface area contributed by atoms with Crippen molar-refractivity contribution in [1.29, 1.82) is 0 Å². The van der Waals surface area contributed by atoms with Crippen LogP contribution in [0.25, 0.3) is 0 Å². The van der Waals surface area contributed by atoms with Crippen LogP contribution in [0.4, 0.5) is 24.5 Å². The molecule has 35 heavy (non-hydrogen) atoms. The first kappa shape index (κ1) is 23.8. The first-order valence-corrected chi connectivity index (χ1v) is 12.1. The summed E-state index contributed by atoms with van der Waals surface area (Å²) in [5.74, 6) is 0.175. The highest BCUT2D eigenvalue weighted by molar-refractivity contribution is 5.82. The van der Waals surface area contributed by atoms with Crippen LogP contribution in [-0.4, -0.2) is 57.9 Å². The number of hydrogen-bond donors (Lipinski definition) is 1. The Kier molecular flexibility index (Phi) is 6.53. The number of piperazine rings is 1. The van der Waals surface area contributed by atoms with Crippen LogP contribution in [0.15, 0.2) is 42.5 Å². The van der Waals surface area contributed by atoms with Crippen molar-refractivity contribution in [3.63, 3.8) is 0 Å². The predicted molar refractivity (Wildman–Crippen MR) is 127 cm³/mol. The third kappa shape index (κ3) is 4.91. The molecule has 0 unspecified atom stereocenters. The minimum absolute atomic E-state index is 0.00455. The lowest BCUT2D eigenvalue weighted by Gasteiger charge is -2.49. The molecule has 2 fully saturated rings. The van der Waals surface area contributed by atoms with Crippen LogP contribution in [0.3, 0.4) is 0 Å². The Labute approximate surface area is 203 Å². The number of anilines is 2. The molecule has 3 heterocycles. The lowest BCUT2D eigenvalue weighted by atomic mass is 9.82. The van der Waals surface area contributed by atoms with Gasteiger partial charge < -0.3 is 24.6 Å². The molecule has 2 aromatic rings. The normalized spacial score (nSPS) is 24.1. The highest BCUT2D eigenvalue weighted by Crippen LogP contribution is 2.40. The monoisotopic (exact) mass is 489 g/mol. The first-order chi connectivity index (χ1) is 16.8. The minimum Gasteiger partial charge on any atom is -0.497 e. The number of carbonyl (C=O) groups excluding carboxylic acids is 1. The molecule has 0 bridgehead atoms. The third-order valence-electron chi connectivity index (χ3n) is 7.34. The zero-order chi connectivity index (χ0) is 24.6. The second-order valence-electron chi connectivity index (χ2n) is 9.44. The van der Waals surface area contributed by atoms with Crippen LogP contribution in [0, 0.1) is 5.92 Å². The number of methoxy groups -OCH3 is 1. The molecule has 3 aliphatic rings. The van der Waals surface area contributed by atoms with Gasteiger partial charge in [0.2, 0.25) is 5.91 Å². The van der Waals surface area contributed by atoms with Crippen molar-refractivity contribution in [2.24, 2.45) is 5.92 Å². The molecule has 0 aliphatic carbocycles. The van der Waals surface area contributed by atoms with E-state index in [1.165, 1.54) is 6.07 Å². The topological polar surface area (TPSA) is 54.0 Å². The van der Waals surface area contributed by atoms with Crippen LogP contribution >= 0.6 is 0 Å².